The van der Waals surface area contributed by atoms with E-state index in [0.717, 1.165) is 30.4 Å². The number of nitrogens with zero attached hydrogens (tertiary/aromatic N) is 3. The summed E-state index contributed by atoms with van der Waals surface area (Å²) >= 11 is 0. The second-order valence-electron chi connectivity index (χ2n) is 10.2. The van der Waals surface area contributed by atoms with Gasteiger partial charge in [-0.15, -0.1) is 0 Å². The van der Waals surface area contributed by atoms with E-state index < -0.39 is 11.5 Å². The first-order valence-electron chi connectivity index (χ1n) is 12.2. The van der Waals surface area contributed by atoms with Crippen LogP contribution in [0.2, 0.25) is 0 Å². The molecule has 4 rings (SSSR count). The van der Waals surface area contributed by atoms with Crippen LogP contribution in [0, 0.1) is 5.92 Å². The van der Waals surface area contributed by atoms with E-state index >= 15 is 0 Å². The van der Waals surface area contributed by atoms with Crippen molar-refractivity contribution in [2.45, 2.75) is 57.1 Å². The number of aliphatic imine (C=N–C) groups is 1. The van der Waals surface area contributed by atoms with Crippen molar-refractivity contribution in [1.82, 2.24) is 0 Å². The highest BCUT2D eigenvalue weighted by molar-refractivity contribution is 6.04. The van der Waals surface area contributed by atoms with E-state index in [-0.39, 0.29) is 11.7 Å². The van der Waals surface area contributed by atoms with Crippen molar-refractivity contribution >= 4 is 29.3 Å². The molecule has 9 nitrogen and oxygen atoms in total. The molecule has 0 aliphatic heterocycles. The molecule has 2 aliphatic carbocycles. The number of amides is 1. The number of aromatic nitrogens is 1. The molecule has 2 aromatic rings. The molecular formula is C26H36N5O4+. The summed E-state index contributed by atoms with van der Waals surface area (Å²) in [7, 11) is 3.57. The van der Waals surface area contributed by atoms with E-state index in [4.69, 9.17) is 15.5 Å². The van der Waals surface area contributed by atoms with Crippen molar-refractivity contribution in [3.05, 3.63) is 41.6 Å². The number of aliphatic hydroxyl groups is 1. The van der Waals surface area contributed by atoms with Crippen LogP contribution in [0.3, 0.4) is 0 Å². The number of hydrogen-bond acceptors (Lipinski definition) is 7. The zero-order valence-electron chi connectivity index (χ0n) is 20.7. The Hall–Kier alpha value is -3.33. The molecule has 188 valence electrons. The summed E-state index contributed by atoms with van der Waals surface area (Å²) in [5.41, 5.74) is 7.44. The number of nitrogen functional groups attached to an aromatic ring is 1. The molecule has 0 saturated heterocycles. The average Bonchev–Trinajstić information content (AvgIpc) is 3.63. The van der Waals surface area contributed by atoms with E-state index in [1.807, 2.05) is 6.92 Å². The quantitative estimate of drug-likeness (QED) is 0.198. The molecule has 0 unspecified atom stereocenters. The largest absolute Gasteiger partial charge is 0.491 e. The minimum absolute atomic E-state index is 0.0886. The molecule has 1 aromatic carbocycles. The maximum atomic E-state index is 13.1. The topological polar surface area (TPSA) is 124 Å². The molecule has 0 radical (unpaired) electrons. The summed E-state index contributed by atoms with van der Waals surface area (Å²) in [5, 5.41) is 23.6. The molecule has 5 N–H and O–H groups in total. The molecule has 2 aliphatic rings. The Morgan fingerprint density at radius 2 is 2.00 bits per heavy atom. The smallest absolute Gasteiger partial charge is 0.316 e. The van der Waals surface area contributed by atoms with Gasteiger partial charge in [-0.05, 0) is 74.3 Å². The van der Waals surface area contributed by atoms with Gasteiger partial charge in [0.05, 0.1) is 38.0 Å². The number of pyridine rings is 1. The lowest BCUT2D eigenvalue weighted by molar-refractivity contribution is -0.895. The first kappa shape index (κ1) is 24.8. The number of benzene rings is 1. The molecule has 35 heavy (non-hydrogen) atoms. The van der Waals surface area contributed by atoms with Gasteiger partial charge in [0.15, 0.2) is 0 Å². The first-order chi connectivity index (χ1) is 16.6. The third kappa shape index (κ3) is 6.22. The predicted octanol–water partition coefficient (Wildman–Crippen LogP) is 3.01. The number of rotatable bonds is 8. The molecule has 0 spiro atoms. The molecule has 2 saturated carbocycles. The Morgan fingerprint density at radius 1 is 1.29 bits per heavy atom. The summed E-state index contributed by atoms with van der Waals surface area (Å²) in [5.74, 6) is 1.01. The van der Waals surface area contributed by atoms with Crippen LogP contribution in [0.5, 0.6) is 5.75 Å². The first-order valence-corrected chi connectivity index (χ1v) is 12.2. The molecule has 9 heteroatoms. The number of hydrogen-bond donors (Lipinski definition) is 4. The van der Waals surface area contributed by atoms with Crippen LogP contribution in [-0.4, -0.2) is 54.8 Å². The van der Waals surface area contributed by atoms with Gasteiger partial charge in [-0.25, -0.2) is 0 Å². The lowest BCUT2D eigenvalue weighted by atomic mass is 9.84. The number of nitrogens with one attached hydrogen (secondary N) is 1. The summed E-state index contributed by atoms with van der Waals surface area (Å²) in [6.45, 7) is 2.43. The van der Waals surface area contributed by atoms with Crippen LogP contribution < -0.4 is 25.4 Å². The Balaban J connectivity index is 1.58. The molecule has 1 heterocycles. The Labute approximate surface area is 206 Å². The summed E-state index contributed by atoms with van der Waals surface area (Å²) in [6.07, 6.45) is 7.07. The van der Waals surface area contributed by atoms with Crippen LogP contribution in [0.15, 0.2) is 35.3 Å². The Morgan fingerprint density at radius 3 is 2.66 bits per heavy atom. The number of carbonyl (C=O) groups is 1. The summed E-state index contributed by atoms with van der Waals surface area (Å²) in [6, 6.07) is 8.57. The minimum Gasteiger partial charge on any atom is -0.491 e. The molecule has 1 amide bonds. The average molecular weight is 483 g/mol. The van der Waals surface area contributed by atoms with Crippen molar-refractivity contribution in [1.29, 1.82) is 0 Å². The normalized spacial score (nSPS) is 22.2. The molecule has 1 aromatic heterocycles. The SMILES string of the molecule is CN(C)c1cccc(C(=O)Nc2cc(C=NC3CCC(C)(O)CC3)c(N)cc2OCC2CC2)[n+]1O. The van der Waals surface area contributed by atoms with Crippen LogP contribution in [-0.2, 0) is 0 Å². The number of nitrogens with two attached hydrogens (primary N) is 1. The third-order valence-corrected chi connectivity index (χ3v) is 6.70. The van der Waals surface area contributed by atoms with Crippen molar-refractivity contribution in [3.8, 4) is 5.75 Å². The second-order valence-corrected chi connectivity index (χ2v) is 10.2. The van der Waals surface area contributed by atoms with Gasteiger partial charge in [-0.1, -0.05) is 0 Å². The van der Waals surface area contributed by atoms with Gasteiger partial charge < -0.3 is 26.1 Å². The van der Waals surface area contributed by atoms with Crippen LogP contribution >= 0.6 is 0 Å². The van der Waals surface area contributed by atoms with Crippen LogP contribution in [0.1, 0.15) is 61.5 Å². The predicted molar refractivity (Wildman–Crippen MR) is 136 cm³/mol. The number of carbonyl (C=O) groups excluding carboxylic acids is 1. The number of anilines is 3. The van der Waals surface area contributed by atoms with Crippen molar-refractivity contribution < 1.29 is 24.6 Å². The van der Waals surface area contributed by atoms with E-state index in [0.29, 0.717) is 53.9 Å². The van der Waals surface area contributed by atoms with Gasteiger partial charge in [0.1, 0.15) is 5.75 Å². The third-order valence-electron chi connectivity index (χ3n) is 6.70. The van der Waals surface area contributed by atoms with Crippen molar-refractivity contribution in [3.63, 3.8) is 0 Å². The highest BCUT2D eigenvalue weighted by atomic mass is 16.5. The zero-order chi connectivity index (χ0) is 25.2. The van der Waals surface area contributed by atoms with E-state index in [2.05, 4.69) is 5.32 Å². The van der Waals surface area contributed by atoms with Crippen molar-refractivity contribution in [2.75, 3.05) is 36.7 Å². The molecule has 0 atom stereocenters. The fourth-order valence-electron chi connectivity index (χ4n) is 4.18. The van der Waals surface area contributed by atoms with Gasteiger partial charge >= 0.3 is 5.82 Å². The Bertz CT molecular complexity index is 1100. The highest BCUT2D eigenvalue weighted by Crippen LogP contribution is 2.35. The molecule has 2 fully saturated rings. The molecule has 0 bridgehead atoms. The lowest BCUT2D eigenvalue weighted by Gasteiger charge is -2.31. The minimum atomic E-state index is -0.615. The maximum Gasteiger partial charge on any atom is 0.316 e. The summed E-state index contributed by atoms with van der Waals surface area (Å²) in [4.78, 5) is 19.5. The standard InChI is InChI=1S/C26H35N5O4/c1-26(33)11-9-19(10-12-26)28-15-18-13-21(23(14-20(18)27)35-16-17-7-8-17)29-25(32)22-5-4-6-24(30(2)3)31(22)34/h4-6,13-15,17,19,27,32-34H,7-12,16H2,1-3H3/p+1. The van der Waals surface area contributed by atoms with Gasteiger partial charge in [0.2, 0.25) is 5.69 Å². The van der Waals surface area contributed by atoms with Gasteiger partial charge in [-0.2, -0.15) is 0 Å². The van der Waals surface area contributed by atoms with Gasteiger partial charge in [-0.3, -0.25) is 14.7 Å². The van der Waals surface area contributed by atoms with E-state index in [1.165, 1.54) is 0 Å². The van der Waals surface area contributed by atoms with Gasteiger partial charge in [0.25, 0.3) is 5.91 Å². The fraction of sp³-hybridized carbons (Fsp3) is 0.500. The lowest BCUT2D eigenvalue weighted by Crippen LogP contribution is -2.44. The molecular weight excluding hydrogens is 446 g/mol. The fourth-order valence-corrected chi connectivity index (χ4v) is 4.18. The second kappa shape index (κ2) is 10.1. The van der Waals surface area contributed by atoms with E-state index in [9.17, 15) is 15.1 Å². The van der Waals surface area contributed by atoms with Crippen molar-refractivity contribution in [2.24, 2.45) is 10.9 Å². The monoisotopic (exact) mass is 482 g/mol. The van der Waals surface area contributed by atoms with Crippen LogP contribution in [0.25, 0.3) is 0 Å². The van der Waals surface area contributed by atoms with Crippen LogP contribution in [0.4, 0.5) is 17.2 Å². The number of ether oxygens (including phenoxy) is 1. The summed E-state index contributed by atoms with van der Waals surface area (Å²) < 4.78 is 6.86. The van der Waals surface area contributed by atoms with E-state index in [1.54, 1.807) is 55.5 Å². The Kier molecular flexibility index (Phi) is 7.16. The maximum absolute atomic E-state index is 13.1. The zero-order valence-corrected chi connectivity index (χ0v) is 20.7. The van der Waals surface area contributed by atoms with Gasteiger partial charge in [0, 0.05) is 29.6 Å². The highest BCUT2D eigenvalue weighted by Gasteiger charge is 2.28.